The minimum absolute atomic E-state index is 0. The number of aromatic hydroxyl groups is 1. The minimum Gasteiger partial charge on any atom is -0.508 e. The van der Waals surface area contributed by atoms with Crippen molar-refractivity contribution in [3.8, 4) is 5.75 Å². The van der Waals surface area contributed by atoms with Gasteiger partial charge in [-0.1, -0.05) is 271 Å². The van der Waals surface area contributed by atoms with E-state index < -0.39 is 150 Å². The molecule has 2 aliphatic heterocycles. The average Bonchev–Trinajstić information content (AvgIpc) is 1.48. The predicted octanol–water partition coefficient (Wildman–Crippen LogP) is 10.5. The Hall–Kier alpha value is -10.5. The van der Waals surface area contributed by atoms with Crippen molar-refractivity contribution in [3.63, 3.8) is 0 Å². The molecular weight excluding hydrogens is 1750 g/mol. The summed E-state index contributed by atoms with van der Waals surface area (Å²) < 4.78 is 0. The van der Waals surface area contributed by atoms with E-state index in [0.29, 0.717) is 35.3 Å². The number of amides is 11. The molecule has 9 atom stereocenters. The highest BCUT2D eigenvalue weighted by Crippen LogP contribution is 2.42. The maximum absolute atomic E-state index is 14.0. The van der Waals surface area contributed by atoms with Gasteiger partial charge in [0, 0.05) is 55.0 Å². The first kappa shape index (κ1) is 111. The molecule has 16 N–H and O–H groups in total. The number of thioether (sulfide) groups is 1. The van der Waals surface area contributed by atoms with Crippen LogP contribution in [0.4, 0.5) is 5.69 Å². The maximum Gasteiger partial charge on any atom is 0.301 e. The number of carbonyl (C=O) groups excluding carboxylic acids is 11. The lowest BCUT2D eigenvalue weighted by Gasteiger charge is -2.30. The van der Waals surface area contributed by atoms with Gasteiger partial charge in [0.1, 0.15) is 48.0 Å². The van der Waals surface area contributed by atoms with Gasteiger partial charge in [0.25, 0.3) is 0 Å². The molecule has 0 bridgehead atoms. The van der Waals surface area contributed by atoms with Crippen LogP contribution in [0.25, 0.3) is 0 Å². The highest BCUT2D eigenvalue weighted by molar-refractivity contribution is 8.92. The quantitative estimate of drug-likeness (QED) is 0.00327. The van der Waals surface area contributed by atoms with Crippen LogP contribution in [0.15, 0.2) is 230 Å². The number of rotatable bonds is 37. The van der Waals surface area contributed by atoms with E-state index in [2.05, 4.69) is 270 Å². The standard InChI is InChI=1S/C43H68N12O12S2.2C19H16.C6H6N2O2S.C4H10.CH2S2.2H2S/c1-5-22(4)35(54-40(64)28(50-36(60)25(44)19-68)16-23-8-10-24(56)11-9-23)42(66)49-26(12-13-32(45)57)38(62)51-29(17-33(46)58)39(63)53-30(20-69)43(67)55-14-6-7-31(55)41(65)52-27(15-21(2)3)37(61)48-18-34(47)59;2*1-4-10-16(11-5-1)19(17-12-6-2-7-13-17)18-14-8-3-9-15-18;1-11-6-5(8(9)10)3-2-4-7-6;1-4(2)3;1-2-3-1;;/h8-11,21-22,25-31,35,56,68-69H,5-7,12-20,44H2,1-4H3,(H2,45,57)(H2,46,58)(H2,47,59)(H,48,61)(H,49,66)(H,50,60)(H,51,62)(H,52,65)(H,53,63)(H,54,64);2*1-15,19H;2-4H,1H3;4H,1-3H3;1H2;2*1H2/t22-,25-,26?,27-,28?,29-,30?,31-,35-;;;;;;;/m0......./s1. The van der Waals surface area contributed by atoms with E-state index in [9.17, 15) is 68.0 Å². The zero-order chi connectivity index (χ0) is 91.9. The van der Waals surface area contributed by atoms with Crippen molar-refractivity contribution in [3.05, 3.63) is 274 Å². The number of aromatic nitrogens is 1. The molecule has 8 aromatic rings. The number of phenols is 1. The normalized spacial score (nSPS) is 13.9. The maximum atomic E-state index is 14.0. The van der Waals surface area contributed by atoms with Crippen LogP contribution in [-0.2, 0) is 59.2 Å². The van der Waals surface area contributed by atoms with Gasteiger partial charge in [-0.25, -0.2) is 4.98 Å². The monoisotopic (exact) mass is 1870 g/mol. The molecular formula is C92H122N14O14S7. The second-order valence-electron chi connectivity index (χ2n) is 30.4. The number of benzene rings is 7. The molecule has 2 aliphatic rings. The third kappa shape index (κ3) is 40.6. The lowest BCUT2D eigenvalue weighted by Crippen LogP contribution is -2.61. The Morgan fingerprint density at radius 2 is 0.969 bits per heavy atom. The van der Waals surface area contributed by atoms with E-state index in [-0.39, 0.29) is 81.7 Å². The zero-order valence-corrected chi connectivity index (χ0v) is 78.8. The summed E-state index contributed by atoms with van der Waals surface area (Å²) in [6.07, 6.45) is 2.63. The van der Waals surface area contributed by atoms with Crippen LogP contribution < -0.4 is 60.2 Å². The summed E-state index contributed by atoms with van der Waals surface area (Å²) in [6.45, 7) is 13.1. The number of phenolic OH excluding ortho intramolecular Hbond substituents is 1. The summed E-state index contributed by atoms with van der Waals surface area (Å²) in [6, 6.07) is 62.2. The summed E-state index contributed by atoms with van der Waals surface area (Å²) in [4.78, 5) is 159. The van der Waals surface area contributed by atoms with E-state index in [1.165, 1.54) is 85.5 Å². The van der Waals surface area contributed by atoms with Gasteiger partial charge in [-0.15, -0.1) is 11.8 Å². The van der Waals surface area contributed by atoms with Crippen LogP contribution in [0, 0.1) is 27.9 Å². The van der Waals surface area contributed by atoms with Crippen molar-refractivity contribution >= 4 is 156 Å². The van der Waals surface area contributed by atoms with Gasteiger partial charge in [-0.05, 0) is 107 Å². The Morgan fingerprint density at radius 1 is 0.543 bits per heavy atom. The van der Waals surface area contributed by atoms with Crippen LogP contribution in [0.5, 0.6) is 5.75 Å². The Balaban J connectivity index is 0.000000561. The summed E-state index contributed by atoms with van der Waals surface area (Å²) in [7, 11) is 3.83. The number of nitro groups is 1. The van der Waals surface area contributed by atoms with E-state index in [1.807, 2.05) is 35.4 Å². The van der Waals surface area contributed by atoms with E-state index in [1.54, 1.807) is 32.4 Å². The fraction of sp³-hybridized carbons (Fsp3) is 0.370. The van der Waals surface area contributed by atoms with Crippen LogP contribution in [0.3, 0.4) is 0 Å². The topological polar surface area (TPSA) is 456 Å². The molecule has 0 radical (unpaired) electrons. The van der Waals surface area contributed by atoms with Crippen LogP contribution in [0.2, 0.25) is 0 Å². The molecule has 0 aliphatic carbocycles. The van der Waals surface area contributed by atoms with Gasteiger partial charge in [-0.2, -0.15) is 52.2 Å². The molecule has 686 valence electrons. The van der Waals surface area contributed by atoms with Gasteiger partial charge in [0.2, 0.25) is 65.0 Å². The molecule has 0 spiro atoms. The Kier molecular flexibility index (Phi) is 52.5. The highest BCUT2D eigenvalue weighted by Gasteiger charge is 2.41. The van der Waals surface area contributed by atoms with Crippen LogP contribution in [0.1, 0.15) is 144 Å². The fourth-order valence-corrected chi connectivity index (χ4v) is 13.8. The molecule has 1 aromatic heterocycles. The number of likely N-dealkylation sites (tertiary alicyclic amines) is 1. The number of carbonyl (C=O) groups is 11. The number of primary amides is 3. The fourth-order valence-electron chi connectivity index (χ4n) is 12.8. The smallest absolute Gasteiger partial charge is 0.301 e. The summed E-state index contributed by atoms with van der Waals surface area (Å²) >= 11 is 9.55. The molecule has 11 amide bonds. The van der Waals surface area contributed by atoms with Gasteiger partial charge in [0.15, 0.2) is 5.03 Å². The van der Waals surface area contributed by atoms with Gasteiger partial charge in [-0.3, -0.25) is 62.9 Å². The van der Waals surface area contributed by atoms with Crippen molar-refractivity contribution in [2.75, 3.05) is 35.9 Å². The molecule has 3 heterocycles. The van der Waals surface area contributed by atoms with E-state index >= 15 is 0 Å². The second-order valence-corrected chi connectivity index (χ2v) is 34.8. The lowest BCUT2D eigenvalue weighted by atomic mass is 9.85. The summed E-state index contributed by atoms with van der Waals surface area (Å²) in [5.74, 6) is -9.01. The average molecular weight is 1870 g/mol. The predicted molar refractivity (Wildman–Crippen MR) is 522 cm³/mol. The molecule has 3 unspecified atom stereocenters. The number of thiol groups is 2. The molecule has 10 rings (SSSR count). The van der Waals surface area contributed by atoms with Gasteiger partial charge >= 0.3 is 5.69 Å². The largest absolute Gasteiger partial charge is 0.508 e. The van der Waals surface area contributed by atoms with Gasteiger partial charge in [0.05, 0.1) is 29.0 Å². The first-order valence-corrected chi connectivity index (χ1v) is 46.0. The summed E-state index contributed by atoms with van der Waals surface area (Å²) in [5, 5.41) is 39.4. The molecule has 0 saturated carbocycles. The van der Waals surface area contributed by atoms with Crippen molar-refractivity contribution in [1.29, 1.82) is 0 Å². The van der Waals surface area contributed by atoms with Crippen molar-refractivity contribution in [2.45, 2.75) is 165 Å². The first-order chi connectivity index (χ1) is 59.8. The van der Waals surface area contributed by atoms with Crippen LogP contribution >= 0.6 is 85.6 Å². The third-order valence-corrected chi connectivity index (χ3v) is 21.6. The molecule has 127 heavy (non-hydrogen) atoms. The number of hydrogen-bond donors (Lipinski definition) is 14. The molecule has 7 aromatic carbocycles. The van der Waals surface area contributed by atoms with Gasteiger partial charge < -0.3 is 70.2 Å². The number of nitrogens with one attached hydrogen (secondary N) is 7. The van der Waals surface area contributed by atoms with E-state index in [0.717, 1.165) is 5.92 Å². The Labute approximate surface area is 781 Å². The second kappa shape index (κ2) is 60.3. The van der Waals surface area contributed by atoms with Crippen molar-refractivity contribution < 1.29 is 62.8 Å². The van der Waals surface area contributed by atoms with Crippen molar-refractivity contribution in [2.24, 2.45) is 40.7 Å². The van der Waals surface area contributed by atoms with E-state index in [4.69, 9.17) is 22.9 Å². The number of hydrogen-bond acceptors (Lipinski definition) is 21. The molecule has 28 nitrogen and oxygen atoms in total. The molecule has 35 heteroatoms. The van der Waals surface area contributed by atoms with Crippen molar-refractivity contribution in [1.82, 2.24) is 47.1 Å². The number of pyridine rings is 1. The SMILES string of the molecule is C1SS1.CC(C)C.CC[C@H](C)[C@H](NC(=O)C(Cc1ccc(O)cc1)NC(=O)[C@@H](N)CS)C(=O)NC(CCC(N)=O)C(=O)N[C@@H](CC(N)=O)C(=O)NC(CS)C(=O)N1CCC[C@H]1C(=O)N[C@@H](CC(C)C)C(=O)NCC(N)=O.CSc1ncccc1[N+](=O)[O-].S.S.c1ccc(C(c2ccccc2)c2ccccc2)cc1.c1ccc(C(c2ccccc2)c2ccccc2)cc1. The summed E-state index contributed by atoms with van der Waals surface area (Å²) in [5.41, 5.74) is 30.4. The molecule has 2 saturated heterocycles. The Morgan fingerprint density at radius 3 is 1.35 bits per heavy atom. The first-order valence-electron chi connectivity index (χ1n) is 41.0. The minimum atomic E-state index is -1.76. The third-order valence-electron chi connectivity index (χ3n) is 19.2. The number of nitrogens with zero attached hydrogens (tertiary/aromatic N) is 3. The number of nitrogens with two attached hydrogens (primary N) is 4. The highest BCUT2D eigenvalue weighted by atomic mass is 33.2. The lowest BCUT2D eigenvalue weighted by molar-refractivity contribution is -0.388. The Bertz CT molecular complexity index is 4380. The van der Waals surface area contributed by atoms with Crippen LogP contribution in [-0.4, -0.2) is 169 Å². The zero-order valence-electron chi connectivity index (χ0n) is 72.6. The molecule has 2 fully saturated rings.